The second-order valence-corrected chi connectivity index (χ2v) is 7.37. The van der Waals surface area contributed by atoms with Crippen LogP contribution in [0.3, 0.4) is 0 Å². The predicted molar refractivity (Wildman–Crippen MR) is 85.2 cm³/mol. The number of aliphatic imine (C=N–C) groups is 1. The van der Waals surface area contributed by atoms with Crippen LogP contribution in [0.25, 0.3) is 0 Å². The lowest BCUT2D eigenvalue weighted by atomic mass is 10.1. The minimum absolute atomic E-state index is 0.0454. The lowest BCUT2D eigenvalue weighted by Crippen LogP contribution is -2.13. The first-order chi connectivity index (χ1) is 9.58. The van der Waals surface area contributed by atoms with E-state index in [-0.39, 0.29) is 6.04 Å². The number of hydrogen-bond donors (Lipinski definition) is 1. The van der Waals surface area contributed by atoms with E-state index in [1.165, 1.54) is 0 Å². The third-order valence-corrected chi connectivity index (χ3v) is 3.69. The first-order valence-corrected chi connectivity index (χ1v) is 9.65. The number of aromatic amines is 1. The van der Waals surface area contributed by atoms with Crippen molar-refractivity contribution in [1.29, 1.82) is 0 Å². The van der Waals surface area contributed by atoms with Crippen LogP contribution in [0.2, 0.25) is 13.1 Å². The molecule has 106 valence electrons. The van der Waals surface area contributed by atoms with E-state index in [9.17, 15) is 0 Å². The van der Waals surface area contributed by atoms with E-state index >= 15 is 0 Å². The number of hydrogen-bond acceptors (Lipinski definition) is 3. The van der Waals surface area contributed by atoms with Crippen molar-refractivity contribution < 1.29 is 4.43 Å². The second-order valence-electron chi connectivity index (χ2n) is 5.03. The molecule has 2 aromatic rings. The highest BCUT2D eigenvalue weighted by Crippen LogP contribution is 2.28. The van der Waals surface area contributed by atoms with Crippen LogP contribution in [0.4, 0.5) is 0 Å². The monoisotopic (exact) mass is 287 g/mol. The van der Waals surface area contributed by atoms with Gasteiger partial charge in [-0.1, -0.05) is 18.2 Å². The van der Waals surface area contributed by atoms with Crippen LogP contribution in [0.15, 0.2) is 41.7 Å². The highest BCUT2D eigenvalue weighted by atomic mass is 28.3. The Morgan fingerprint density at radius 3 is 2.75 bits per heavy atom. The average molecular weight is 287 g/mol. The quantitative estimate of drug-likeness (QED) is 0.677. The van der Waals surface area contributed by atoms with Crippen molar-refractivity contribution in [3.05, 3.63) is 48.0 Å². The van der Waals surface area contributed by atoms with Crippen LogP contribution in [-0.2, 0) is 0 Å². The summed E-state index contributed by atoms with van der Waals surface area (Å²) in [6, 6.07) is 8.18. The number of para-hydroxylation sites is 1. The molecule has 4 nitrogen and oxygen atoms in total. The third-order valence-electron chi connectivity index (χ3n) is 2.96. The zero-order valence-electron chi connectivity index (χ0n) is 12.4. The lowest BCUT2D eigenvalue weighted by Gasteiger charge is -2.17. The third kappa shape index (κ3) is 3.57. The van der Waals surface area contributed by atoms with E-state index in [2.05, 4.69) is 36.1 Å². The number of aromatic nitrogens is 2. The summed E-state index contributed by atoms with van der Waals surface area (Å²) in [4.78, 5) is 12.0. The molecule has 0 saturated carbocycles. The first-order valence-electron chi connectivity index (χ1n) is 6.87. The fraction of sp³-hybridized carbons (Fsp3) is 0.333. The minimum atomic E-state index is -1.12. The number of rotatable bonds is 5. The molecule has 1 atom stereocenters. The van der Waals surface area contributed by atoms with Crippen molar-refractivity contribution in [3.8, 4) is 5.75 Å². The van der Waals surface area contributed by atoms with Gasteiger partial charge in [-0.15, -0.1) is 0 Å². The molecule has 2 rings (SSSR count). The van der Waals surface area contributed by atoms with Gasteiger partial charge in [-0.2, -0.15) is 0 Å². The number of nitrogens with zero attached hydrogens (tertiary/aromatic N) is 2. The van der Waals surface area contributed by atoms with E-state index in [4.69, 9.17) is 9.42 Å². The number of benzene rings is 1. The Morgan fingerprint density at radius 2 is 2.10 bits per heavy atom. The summed E-state index contributed by atoms with van der Waals surface area (Å²) in [7, 11) is -1.12. The van der Waals surface area contributed by atoms with Gasteiger partial charge in [-0.25, -0.2) is 4.98 Å². The standard InChI is InChI=1S/C15H21N3OSi/c1-11(18-12(2)15-16-9-10-17-15)13-7-5-6-8-14(13)19-20(3)4/h5-11,20H,1-4H3,(H,16,17). The van der Waals surface area contributed by atoms with Crippen LogP contribution in [0.1, 0.15) is 31.3 Å². The van der Waals surface area contributed by atoms with Gasteiger partial charge < -0.3 is 9.41 Å². The zero-order chi connectivity index (χ0) is 14.5. The molecular weight excluding hydrogens is 266 g/mol. The molecule has 0 bridgehead atoms. The van der Waals surface area contributed by atoms with Crippen molar-refractivity contribution in [1.82, 2.24) is 9.97 Å². The van der Waals surface area contributed by atoms with Crippen molar-refractivity contribution in [2.75, 3.05) is 0 Å². The van der Waals surface area contributed by atoms with Gasteiger partial charge in [0.2, 0.25) is 9.04 Å². The highest BCUT2D eigenvalue weighted by Gasteiger charge is 2.12. The fourth-order valence-corrected chi connectivity index (χ4v) is 2.79. The van der Waals surface area contributed by atoms with E-state index in [1.807, 2.05) is 25.1 Å². The normalized spacial score (nSPS) is 13.6. The Hall–Kier alpha value is -1.88. The smallest absolute Gasteiger partial charge is 0.229 e. The molecule has 20 heavy (non-hydrogen) atoms. The number of H-pyrrole nitrogens is 1. The predicted octanol–water partition coefficient (Wildman–Crippen LogP) is 3.34. The molecule has 0 saturated heterocycles. The topological polar surface area (TPSA) is 50.3 Å². The van der Waals surface area contributed by atoms with Gasteiger partial charge in [0.15, 0.2) is 5.82 Å². The summed E-state index contributed by atoms with van der Waals surface area (Å²) >= 11 is 0. The fourth-order valence-electron chi connectivity index (χ4n) is 2.07. The van der Waals surface area contributed by atoms with E-state index in [0.717, 1.165) is 22.8 Å². The van der Waals surface area contributed by atoms with Crippen molar-refractivity contribution in [2.24, 2.45) is 4.99 Å². The molecule has 1 unspecified atom stereocenters. The van der Waals surface area contributed by atoms with Crippen LogP contribution in [-0.4, -0.2) is 24.7 Å². The van der Waals surface area contributed by atoms with E-state index in [0.29, 0.717) is 0 Å². The number of imidazole rings is 1. The van der Waals surface area contributed by atoms with Crippen LogP contribution in [0.5, 0.6) is 5.75 Å². The van der Waals surface area contributed by atoms with E-state index in [1.54, 1.807) is 12.4 Å². The van der Waals surface area contributed by atoms with Crippen molar-refractivity contribution in [3.63, 3.8) is 0 Å². The van der Waals surface area contributed by atoms with Crippen LogP contribution >= 0.6 is 0 Å². The molecule has 0 aliphatic rings. The SMILES string of the molecule is CC(=NC(C)c1ccccc1O[SiH](C)C)c1ncc[nH]1. The van der Waals surface area contributed by atoms with Gasteiger partial charge >= 0.3 is 0 Å². The Bertz CT molecular complexity index is 579. The summed E-state index contributed by atoms with van der Waals surface area (Å²) < 4.78 is 5.98. The Labute approximate surface area is 121 Å². The molecular formula is C15H21N3OSi. The molecule has 1 aromatic carbocycles. The Morgan fingerprint density at radius 1 is 1.35 bits per heavy atom. The largest absolute Gasteiger partial charge is 0.547 e. The molecule has 0 aliphatic carbocycles. The molecule has 0 spiro atoms. The lowest BCUT2D eigenvalue weighted by molar-refractivity contribution is 0.563. The van der Waals surface area contributed by atoms with Gasteiger partial charge in [0.05, 0.1) is 11.8 Å². The zero-order valence-corrected chi connectivity index (χ0v) is 13.6. The maximum absolute atomic E-state index is 5.98. The van der Waals surface area contributed by atoms with Gasteiger partial charge in [0.1, 0.15) is 5.75 Å². The molecule has 0 fully saturated rings. The Balaban J connectivity index is 2.25. The molecule has 1 heterocycles. The van der Waals surface area contributed by atoms with Gasteiger partial charge in [-0.05, 0) is 33.0 Å². The highest BCUT2D eigenvalue weighted by molar-refractivity contribution is 6.49. The van der Waals surface area contributed by atoms with Gasteiger partial charge in [0.25, 0.3) is 0 Å². The van der Waals surface area contributed by atoms with Crippen molar-refractivity contribution in [2.45, 2.75) is 33.0 Å². The first kappa shape index (κ1) is 14.5. The molecule has 5 heteroatoms. The maximum atomic E-state index is 5.98. The Kier molecular flexibility index (Phi) is 4.73. The summed E-state index contributed by atoms with van der Waals surface area (Å²) in [5.41, 5.74) is 2.03. The molecule has 0 aliphatic heterocycles. The average Bonchev–Trinajstić information content (AvgIpc) is 2.92. The van der Waals surface area contributed by atoms with Gasteiger partial charge in [0, 0.05) is 18.0 Å². The maximum Gasteiger partial charge on any atom is 0.229 e. The van der Waals surface area contributed by atoms with E-state index < -0.39 is 9.04 Å². The summed E-state index contributed by atoms with van der Waals surface area (Å²) in [6.45, 7) is 8.38. The molecule has 1 N–H and O–H groups in total. The summed E-state index contributed by atoms with van der Waals surface area (Å²) in [5.74, 6) is 1.77. The van der Waals surface area contributed by atoms with Crippen LogP contribution < -0.4 is 4.43 Å². The molecule has 0 radical (unpaired) electrons. The van der Waals surface area contributed by atoms with Crippen molar-refractivity contribution >= 4 is 14.8 Å². The summed E-state index contributed by atoms with van der Waals surface area (Å²) in [5, 5.41) is 0. The number of nitrogens with one attached hydrogen (secondary N) is 1. The minimum Gasteiger partial charge on any atom is -0.547 e. The van der Waals surface area contributed by atoms with Crippen LogP contribution in [0, 0.1) is 0 Å². The summed E-state index contributed by atoms with van der Waals surface area (Å²) in [6.07, 6.45) is 3.54. The second kappa shape index (κ2) is 6.52. The molecule has 1 aromatic heterocycles. The van der Waals surface area contributed by atoms with Gasteiger partial charge in [-0.3, -0.25) is 4.99 Å². The molecule has 0 amide bonds.